The Morgan fingerprint density at radius 3 is 3.09 bits per heavy atom. The Balaban J connectivity index is 3.37. The Kier molecular flexibility index (Phi) is 2.81. The van der Waals surface area contributed by atoms with Gasteiger partial charge in [-0.15, -0.1) is 0 Å². The van der Waals surface area contributed by atoms with E-state index in [0.717, 1.165) is 10.6 Å². The normalized spacial score (nSPS) is 14.0. The number of pyridine rings is 1. The van der Waals surface area contributed by atoms with E-state index >= 15 is 0 Å². The number of rotatable bonds is 1. The Labute approximate surface area is 66.1 Å². The molecule has 0 unspecified atom stereocenters. The molecule has 1 heterocycles. The van der Waals surface area contributed by atoms with Crippen molar-refractivity contribution < 1.29 is 0 Å². The molecule has 0 spiro atoms. The second kappa shape index (κ2) is 3.88. The van der Waals surface area contributed by atoms with E-state index in [1.54, 1.807) is 6.20 Å². The first-order valence-electron chi connectivity index (χ1n) is 3.66. The number of hydrogen-bond donors (Lipinski definition) is 1. The molecule has 58 valence electrons. The van der Waals surface area contributed by atoms with Gasteiger partial charge in [-0.3, -0.25) is 4.98 Å². The summed E-state index contributed by atoms with van der Waals surface area (Å²) in [5.74, 6) is 0. The zero-order chi connectivity index (χ0) is 8.10. The molecule has 0 bridgehead atoms. The molecule has 0 aliphatic heterocycles. The monoisotopic (exact) mass is 148 g/mol. The summed E-state index contributed by atoms with van der Waals surface area (Å²) in [7, 11) is 0. The van der Waals surface area contributed by atoms with Crippen LogP contribution in [0.2, 0.25) is 0 Å². The minimum atomic E-state index is 0.562. The highest BCUT2D eigenvalue weighted by atomic mass is 14.6. The molecule has 0 atom stereocenters. The van der Waals surface area contributed by atoms with Crippen LogP contribution in [-0.4, -0.2) is 11.5 Å². The van der Waals surface area contributed by atoms with Crippen molar-refractivity contribution in [2.24, 2.45) is 5.73 Å². The van der Waals surface area contributed by atoms with Gasteiger partial charge in [0.15, 0.2) is 0 Å². The number of nitrogens with two attached hydrogens (primary N) is 1. The van der Waals surface area contributed by atoms with Crippen LogP contribution in [0.5, 0.6) is 0 Å². The van der Waals surface area contributed by atoms with Crippen molar-refractivity contribution in [1.82, 2.24) is 4.98 Å². The van der Waals surface area contributed by atoms with Gasteiger partial charge in [0.05, 0.1) is 5.35 Å². The van der Waals surface area contributed by atoms with Gasteiger partial charge in [-0.05, 0) is 18.2 Å². The quantitative estimate of drug-likeness (QED) is 0.589. The molecule has 1 rings (SSSR count). The smallest absolute Gasteiger partial charge is 0.0656 e. The van der Waals surface area contributed by atoms with Gasteiger partial charge >= 0.3 is 0 Å². The van der Waals surface area contributed by atoms with Gasteiger partial charge in [-0.2, -0.15) is 0 Å². The van der Waals surface area contributed by atoms with Crippen molar-refractivity contribution in [3.63, 3.8) is 0 Å². The van der Waals surface area contributed by atoms with E-state index in [1.165, 1.54) is 0 Å². The molecular weight excluding hydrogens is 136 g/mol. The summed E-state index contributed by atoms with van der Waals surface area (Å²) in [6, 6.07) is 3.92. The number of aromatic nitrogens is 1. The molecule has 0 aliphatic carbocycles. The lowest BCUT2D eigenvalue weighted by atomic mass is 10.3. The third-order valence-electron chi connectivity index (χ3n) is 1.48. The van der Waals surface area contributed by atoms with Crippen LogP contribution < -0.4 is 16.3 Å². The lowest BCUT2D eigenvalue weighted by Crippen LogP contribution is -2.27. The predicted molar refractivity (Wildman–Crippen MR) is 47.1 cm³/mol. The van der Waals surface area contributed by atoms with E-state index in [4.69, 9.17) is 5.73 Å². The van der Waals surface area contributed by atoms with E-state index in [-0.39, 0.29) is 0 Å². The highest BCUT2D eigenvalue weighted by Gasteiger charge is 1.80. The summed E-state index contributed by atoms with van der Waals surface area (Å²) >= 11 is 0. The average Bonchev–Trinajstić information content (AvgIpc) is 2.06. The minimum Gasteiger partial charge on any atom is -0.327 e. The number of hydrogen-bond acceptors (Lipinski definition) is 2. The molecular formula is C9H12N2. The maximum Gasteiger partial charge on any atom is 0.0656 e. The lowest BCUT2D eigenvalue weighted by molar-refractivity contribution is 1.20. The molecule has 2 nitrogen and oxygen atoms in total. The van der Waals surface area contributed by atoms with Gasteiger partial charge in [0, 0.05) is 12.7 Å². The maximum atomic E-state index is 5.39. The van der Waals surface area contributed by atoms with Crippen LogP contribution in [0.1, 0.15) is 6.92 Å². The van der Waals surface area contributed by atoms with Gasteiger partial charge in [-0.25, -0.2) is 0 Å². The fraction of sp³-hybridized carbons (Fsp3) is 0.222. The molecule has 1 aromatic rings. The third kappa shape index (κ3) is 1.88. The Bertz CT molecular complexity index is 328. The molecule has 2 N–H and O–H groups in total. The average molecular weight is 148 g/mol. The topological polar surface area (TPSA) is 38.9 Å². The molecule has 0 aromatic carbocycles. The van der Waals surface area contributed by atoms with Crippen molar-refractivity contribution in [3.05, 3.63) is 28.9 Å². The van der Waals surface area contributed by atoms with Crippen molar-refractivity contribution in [3.8, 4) is 0 Å². The zero-order valence-corrected chi connectivity index (χ0v) is 6.62. The van der Waals surface area contributed by atoms with Crippen LogP contribution in [0.4, 0.5) is 0 Å². The van der Waals surface area contributed by atoms with E-state index in [1.807, 2.05) is 31.2 Å². The van der Waals surface area contributed by atoms with E-state index in [2.05, 4.69) is 4.98 Å². The van der Waals surface area contributed by atoms with Gasteiger partial charge in [-0.1, -0.05) is 18.2 Å². The standard InChI is InChI=1S/C9H12N2/c1-2-9-8(5-6-10)4-3-7-11-9/h2-5,7H,6,10H2,1H3/b8-5-,9-2+. The number of nitrogens with zero attached hydrogens (tertiary/aromatic N) is 1. The molecule has 0 fully saturated rings. The van der Waals surface area contributed by atoms with E-state index < -0.39 is 0 Å². The van der Waals surface area contributed by atoms with Crippen LogP contribution in [0.3, 0.4) is 0 Å². The van der Waals surface area contributed by atoms with Crippen LogP contribution in [0, 0.1) is 0 Å². The molecule has 11 heavy (non-hydrogen) atoms. The summed E-state index contributed by atoms with van der Waals surface area (Å²) in [4.78, 5) is 4.17. The fourth-order valence-electron chi connectivity index (χ4n) is 0.971. The lowest BCUT2D eigenvalue weighted by Gasteiger charge is -1.86. The Hall–Kier alpha value is -1.15. The summed E-state index contributed by atoms with van der Waals surface area (Å²) in [5, 5.41) is 2.11. The van der Waals surface area contributed by atoms with Crippen molar-refractivity contribution in [2.75, 3.05) is 6.54 Å². The molecule has 0 saturated carbocycles. The van der Waals surface area contributed by atoms with Gasteiger partial charge < -0.3 is 5.73 Å². The van der Waals surface area contributed by atoms with Crippen LogP contribution in [0.15, 0.2) is 18.3 Å². The SMILES string of the molecule is C/C=c1/nccc/c1=C/CN. The third-order valence-corrected chi connectivity index (χ3v) is 1.48. The van der Waals surface area contributed by atoms with Crippen LogP contribution in [0.25, 0.3) is 12.2 Å². The zero-order valence-electron chi connectivity index (χ0n) is 6.62. The van der Waals surface area contributed by atoms with Crippen molar-refractivity contribution in [2.45, 2.75) is 6.92 Å². The molecule has 2 heteroatoms. The van der Waals surface area contributed by atoms with Crippen molar-refractivity contribution >= 4 is 12.2 Å². The summed E-state index contributed by atoms with van der Waals surface area (Å²) in [6.45, 7) is 2.53. The second-order valence-corrected chi connectivity index (χ2v) is 2.21. The van der Waals surface area contributed by atoms with E-state index in [9.17, 15) is 0 Å². The van der Waals surface area contributed by atoms with E-state index in [0.29, 0.717) is 6.54 Å². The molecule has 0 aliphatic rings. The van der Waals surface area contributed by atoms with Crippen LogP contribution >= 0.6 is 0 Å². The largest absolute Gasteiger partial charge is 0.327 e. The summed E-state index contributed by atoms with van der Waals surface area (Å²) in [5.41, 5.74) is 5.39. The highest BCUT2D eigenvalue weighted by molar-refractivity contribution is 5.27. The van der Waals surface area contributed by atoms with Gasteiger partial charge in [0.1, 0.15) is 0 Å². The van der Waals surface area contributed by atoms with Crippen LogP contribution in [-0.2, 0) is 0 Å². The molecule has 1 aromatic heterocycles. The van der Waals surface area contributed by atoms with Gasteiger partial charge in [0.2, 0.25) is 0 Å². The molecule has 0 saturated heterocycles. The van der Waals surface area contributed by atoms with Crippen molar-refractivity contribution in [1.29, 1.82) is 0 Å². The fourth-order valence-corrected chi connectivity index (χ4v) is 0.971. The second-order valence-electron chi connectivity index (χ2n) is 2.21. The molecule has 0 amide bonds. The first-order valence-corrected chi connectivity index (χ1v) is 3.66. The first-order chi connectivity index (χ1) is 5.38. The predicted octanol–water partition coefficient (Wildman–Crippen LogP) is -0.379. The summed E-state index contributed by atoms with van der Waals surface area (Å²) in [6.07, 6.45) is 5.72. The van der Waals surface area contributed by atoms with Gasteiger partial charge in [0.25, 0.3) is 0 Å². The summed E-state index contributed by atoms with van der Waals surface area (Å²) < 4.78 is 0. The molecule has 0 radical (unpaired) electrons. The Morgan fingerprint density at radius 1 is 1.64 bits per heavy atom. The minimum absolute atomic E-state index is 0.562. The maximum absolute atomic E-state index is 5.39. The Morgan fingerprint density at radius 2 is 2.45 bits per heavy atom. The first kappa shape index (κ1) is 7.95. The highest BCUT2D eigenvalue weighted by Crippen LogP contribution is 1.66.